The van der Waals surface area contributed by atoms with Crippen molar-refractivity contribution in [1.29, 1.82) is 0 Å². The summed E-state index contributed by atoms with van der Waals surface area (Å²) in [5.74, 6) is -1.16. The lowest BCUT2D eigenvalue weighted by atomic mass is 9.73. The van der Waals surface area contributed by atoms with E-state index in [4.69, 9.17) is 4.74 Å². The predicted molar refractivity (Wildman–Crippen MR) is 134 cm³/mol. The van der Waals surface area contributed by atoms with Crippen LogP contribution in [-0.2, 0) is 17.6 Å². The molecular formula is C28H37F2N3O3. The Balaban J connectivity index is 1.52. The first kappa shape index (κ1) is 26.5. The van der Waals surface area contributed by atoms with E-state index in [9.17, 15) is 18.7 Å². The van der Waals surface area contributed by atoms with Crippen LogP contribution in [0.25, 0.3) is 0 Å². The summed E-state index contributed by atoms with van der Waals surface area (Å²) in [6.45, 7) is 7.99. The maximum Gasteiger partial charge on any atom is 0.218 e. The molecule has 1 aliphatic heterocycles. The number of benzene rings is 1. The number of carbonyl (C=O) groups is 1. The maximum absolute atomic E-state index is 14.3. The number of hydrogen-bond donors (Lipinski definition) is 3. The van der Waals surface area contributed by atoms with Crippen molar-refractivity contribution >= 4 is 5.91 Å². The average Bonchev–Trinajstić information content (AvgIpc) is 2.76. The Hall–Kier alpha value is -2.58. The van der Waals surface area contributed by atoms with Gasteiger partial charge in [-0.15, -0.1) is 0 Å². The molecule has 6 nitrogen and oxygen atoms in total. The fourth-order valence-electron chi connectivity index (χ4n) is 5.24. The molecule has 196 valence electrons. The number of pyridine rings is 1. The summed E-state index contributed by atoms with van der Waals surface area (Å²) in [6, 6.07) is 4.81. The molecule has 1 amide bonds. The normalized spacial score (nSPS) is 20.1. The maximum atomic E-state index is 14.3. The zero-order valence-electron chi connectivity index (χ0n) is 21.5. The first-order valence-corrected chi connectivity index (χ1v) is 12.7. The highest BCUT2D eigenvalue weighted by molar-refractivity contribution is 5.73. The molecule has 2 heterocycles. The minimum absolute atomic E-state index is 0.0979. The zero-order chi connectivity index (χ0) is 26.1. The first-order valence-electron chi connectivity index (χ1n) is 12.7. The fourth-order valence-corrected chi connectivity index (χ4v) is 5.24. The Morgan fingerprint density at radius 2 is 1.97 bits per heavy atom. The van der Waals surface area contributed by atoms with Gasteiger partial charge in [0.05, 0.1) is 12.1 Å². The largest absolute Gasteiger partial charge is 0.471 e. The molecule has 3 atom stereocenters. The number of nitrogens with zero attached hydrogens (tertiary/aromatic N) is 1. The van der Waals surface area contributed by atoms with Crippen molar-refractivity contribution in [2.24, 2.45) is 5.41 Å². The summed E-state index contributed by atoms with van der Waals surface area (Å²) in [7, 11) is 0. The third-order valence-corrected chi connectivity index (χ3v) is 7.11. The molecule has 1 aromatic carbocycles. The van der Waals surface area contributed by atoms with Crippen molar-refractivity contribution in [2.45, 2.75) is 90.0 Å². The molecule has 0 saturated heterocycles. The fraction of sp³-hybridized carbons (Fsp3) is 0.571. The number of halogens is 2. The van der Waals surface area contributed by atoms with Gasteiger partial charge in [-0.3, -0.25) is 4.79 Å². The molecule has 0 unspecified atom stereocenters. The molecule has 0 bridgehead atoms. The van der Waals surface area contributed by atoms with Gasteiger partial charge in [0.2, 0.25) is 11.8 Å². The van der Waals surface area contributed by atoms with Crippen LogP contribution in [-0.4, -0.2) is 40.3 Å². The van der Waals surface area contributed by atoms with E-state index in [2.05, 4.69) is 42.5 Å². The number of aromatic nitrogens is 1. The number of hydrogen-bond acceptors (Lipinski definition) is 5. The van der Waals surface area contributed by atoms with Gasteiger partial charge in [0.25, 0.3) is 0 Å². The Labute approximate surface area is 211 Å². The van der Waals surface area contributed by atoms with Gasteiger partial charge in [-0.1, -0.05) is 26.8 Å². The summed E-state index contributed by atoms with van der Waals surface area (Å²) < 4.78 is 34.9. The molecule has 1 saturated carbocycles. The molecule has 36 heavy (non-hydrogen) atoms. The average molecular weight is 502 g/mol. The topological polar surface area (TPSA) is 83.5 Å². The molecule has 1 aromatic heterocycles. The van der Waals surface area contributed by atoms with E-state index in [-0.39, 0.29) is 41.5 Å². The van der Waals surface area contributed by atoms with Crippen LogP contribution in [0.5, 0.6) is 5.88 Å². The summed E-state index contributed by atoms with van der Waals surface area (Å²) in [4.78, 5) is 16.5. The SMILES string of the molecule is CC(=O)N[C@@H](Cc1c(F)cccc1F)[C@H](O)CN[C@H]1CC2(CCC2)Oc2ncc(CC(C)(C)C)cc21. The Morgan fingerprint density at radius 3 is 2.56 bits per heavy atom. The smallest absolute Gasteiger partial charge is 0.218 e. The molecule has 3 N–H and O–H groups in total. The number of rotatable bonds is 8. The van der Waals surface area contributed by atoms with Gasteiger partial charge in [0.15, 0.2) is 0 Å². The minimum Gasteiger partial charge on any atom is -0.471 e. The van der Waals surface area contributed by atoms with E-state index in [1.54, 1.807) is 0 Å². The highest BCUT2D eigenvalue weighted by Crippen LogP contribution is 2.48. The van der Waals surface area contributed by atoms with Crippen LogP contribution >= 0.6 is 0 Å². The molecule has 2 aliphatic rings. The Morgan fingerprint density at radius 1 is 1.28 bits per heavy atom. The second-order valence-corrected chi connectivity index (χ2v) is 11.6. The van der Waals surface area contributed by atoms with E-state index in [1.807, 2.05) is 6.20 Å². The van der Waals surface area contributed by atoms with Gasteiger partial charge in [-0.25, -0.2) is 13.8 Å². The van der Waals surface area contributed by atoms with Crippen LogP contribution in [0.15, 0.2) is 30.5 Å². The molecule has 8 heteroatoms. The molecule has 1 spiro atoms. The minimum atomic E-state index is -1.07. The van der Waals surface area contributed by atoms with Crippen molar-refractivity contribution in [3.8, 4) is 5.88 Å². The molecule has 1 fully saturated rings. The van der Waals surface area contributed by atoms with Gasteiger partial charge >= 0.3 is 0 Å². The van der Waals surface area contributed by atoms with E-state index in [0.717, 1.165) is 43.2 Å². The van der Waals surface area contributed by atoms with Crippen molar-refractivity contribution < 1.29 is 23.4 Å². The lowest BCUT2D eigenvalue weighted by Crippen LogP contribution is -2.52. The number of amides is 1. The quantitative estimate of drug-likeness (QED) is 0.500. The Kier molecular flexibility index (Phi) is 7.67. The first-order chi connectivity index (χ1) is 16.9. The van der Waals surface area contributed by atoms with Gasteiger partial charge in [-0.05, 0) is 54.9 Å². The third-order valence-electron chi connectivity index (χ3n) is 7.11. The monoisotopic (exact) mass is 501 g/mol. The number of fused-ring (bicyclic) bond motifs is 1. The van der Waals surface area contributed by atoms with E-state index in [1.165, 1.54) is 25.1 Å². The molecule has 2 aromatic rings. The number of aliphatic hydroxyl groups is 1. The van der Waals surface area contributed by atoms with Crippen LogP contribution in [0.1, 0.15) is 76.1 Å². The van der Waals surface area contributed by atoms with Crippen molar-refractivity contribution in [3.63, 3.8) is 0 Å². The van der Waals surface area contributed by atoms with Crippen LogP contribution in [0, 0.1) is 17.0 Å². The van der Waals surface area contributed by atoms with Gasteiger partial charge in [-0.2, -0.15) is 0 Å². The van der Waals surface area contributed by atoms with E-state index in [0.29, 0.717) is 5.88 Å². The zero-order valence-corrected chi connectivity index (χ0v) is 21.5. The Bertz CT molecular complexity index is 1080. The standard InChI is InChI=1S/C28H37F2N3O3/c1-17(34)33-23(12-19-21(29)7-5-8-22(19)30)25(35)16-31-24-14-28(9-6-10-28)36-26-20(24)11-18(15-32-26)13-27(2,3)4/h5,7-8,11,15,23-25,31,35H,6,9-10,12-14,16H2,1-4H3,(H,33,34)/t23-,24-,25+/m0/s1. The number of carbonyl (C=O) groups excluding carboxylic acids is 1. The lowest BCUT2D eigenvalue weighted by molar-refractivity contribution is -0.120. The highest BCUT2D eigenvalue weighted by Gasteiger charge is 2.46. The van der Waals surface area contributed by atoms with Crippen LogP contribution < -0.4 is 15.4 Å². The van der Waals surface area contributed by atoms with Gasteiger partial charge in [0, 0.05) is 49.7 Å². The van der Waals surface area contributed by atoms with E-state index < -0.39 is 23.8 Å². The van der Waals surface area contributed by atoms with Gasteiger partial charge in [0.1, 0.15) is 17.2 Å². The molecule has 1 aliphatic carbocycles. The van der Waals surface area contributed by atoms with Crippen LogP contribution in [0.3, 0.4) is 0 Å². The van der Waals surface area contributed by atoms with Gasteiger partial charge < -0.3 is 20.5 Å². The summed E-state index contributed by atoms with van der Waals surface area (Å²) in [5.41, 5.74) is 1.77. The van der Waals surface area contributed by atoms with Crippen molar-refractivity contribution in [1.82, 2.24) is 15.6 Å². The molecule has 0 radical (unpaired) electrons. The van der Waals surface area contributed by atoms with Crippen LogP contribution in [0.2, 0.25) is 0 Å². The number of nitrogens with one attached hydrogen (secondary N) is 2. The second-order valence-electron chi connectivity index (χ2n) is 11.6. The third kappa shape index (κ3) is 6.21. The van der Waals surface area contributed by atoms with E-state index >= 15 is 0 Å². The number of aliphatic hydroxyl groups excluding tert-OH is 1. The van der Waals surface area contributed by atoms with Crippen LogP contribution in [0.4, 0.5) is 8.78 Å². The second kappa shape index (κ2) is 10.4. The molecular weight excluding hydrogens is 464 g/mol. The highest BCUT2D eigenvalue weighted by atomic mass is 19.1. The van der Waals surface area contributed by atoms with Crippen molar-refractivity contribution in [3.05, 3.63) is 58.8 Å². The number of ether oxygens (including phenoxy) is 1. The van der Waals surface area contributed by atoms with Crippen molar-refractivity contribution in [2.75, 3.05) is 6.54 Å². The predicted octanol–water partition coefficient (Wildman–Crippen LogP) is 4.39. The molecule has 4 rings (SSSR count). The summed E-state index contributed by atoms with van der Waals surface area (Å²) in [5, 5.41) is 17.1. The summed E-state index contributed by atoms with van der Waals surface area (Å²) >= 11 is 0. The lowest BCUT2D eigenvalue weighted by Gasteiger charge is -2.47. The summed E-state index contributed by atoms with van der Waals surface area (Å²) in [6.07, 6.45) is 5.29.